The van der Waals surface area contributed by atoms with Crippen molar-refractivity contribution >= 4 is 6.29 Å². The van der Waals surface area contributed by atoms with Crippen molar-refractivity contribution in [1.82, 2.24) is 0 Å². The molecule has 2 aromatic rings. The van der Waals surface area contributed by atoms with Gasteiger partial charge >= 0.3 is 0 Å². The summed E-state index contributed by atoms with van der Waals surface area (Å²) in [7, 11) is 3.09. The lowest BCUT2D eigenvalue weighted by Gasteiger charge is -2.00. The van der Waals surface area contributed by atoms with Crippen LogP contribution in [0.15, 0.2) is 42.5 Å². The van der Waals surface area contributed by atoms with E-state index < -0.39 is 0 Å². The Labute approximate surface area is 117 Å². The molecule has 0 bridgehead atoms. The summed E-state index contributed by atoms with van der Waals surface area (Å²) in [6.07, 6.45) is 0.581. The molecule has 2 rings (SSSR count). The highest BCUT2D eigenvalue weighted by molar-refractivity contribution is 5.79. The number of phenols is 2. The smallest absolute Gasteiger partial charge is 0.153 e. The number of phenolic OH excluding ortho intramolecular Hbond substituents is 2. The Morgan fingerprint density at radius 2 is 1.45 bits per heavy atom. The predicted octanol–water partition coefficient (Wildman–Crippen LogP) is 2.61. The number of carbonyl (C=O) groups is 1. The van der Waals surface area contributed by atoms with E-state index in [2.05, 4.69) is 0 Å². The number of carbonyl (C=O) groups excluding carboxylic acids is 1. The third kappa shape index (κ3) is 4.53. The molecule has 5 nitrogen and oxygen atoms in total. The minimum absolute atomic E-state index is 0.0270. The minimum Gasteiger partial charge on any atom is -0.508 e. The van der Waals surface area contributed by atoms with Gasteiger partial charge in [-0.15, -0.1) is 0 Å². The molecule has 0 amide bonds. The first-order valence-corrected chi connectivity index (χ1v) is 5.76. The molecule has 0 saturated heterocycles. The summed E-state index contributed by atoms with van der Waals surface area (Å²) >= 11 is 0. The molecule has 106 valence electrons. The molecule has 0 aromatic heterocycles. The Morgan fingerprint density at radius 1 is 0.900 bits per heavy atom. The maximum Gasteiger partial charge on any atom is 0.153 e. The summed E-state index contributed by atoms with van der Waals surface area (Å²) in [6.45, 7) is 0. The number of methoxy groups -OCH3 is 2. The highest BCUT2D eigenvalue weighted by atomic mass is 16.5. The first-order valence-electron chi connectivity index (χ1n) is 5.76. The van der Waals surface area contributed by atoms with Crippen molar-refractivity contribution < 1.29 is 24.5 Å². The Balaban J connectivity index is 0.000000204. The van der Waals surface area contributed by atoms with Gasteiger partial charge in [-0.05, 0) is 42.5 Å². The van der Waals surface area contributed by atoms with Crippen molar-refractivity contribution in [2.75, 3.05) is 14.2 Å². The van der Waals surface area contributed by atoms with E-state index in [0.29, 0.717) is 12.0 Å². The van der Waals surface area contributed by atoms with E-state index in [1.165, 1.54) is 19.2 Å². The van der Waals surface area contributed by atoms with Gasteiger partial charge in [-0.2, -0.15) is 0 Å². The van der Waals surface area contributed by atoms with Crippen molar-refractivity contribution in [1.29, 1.82) is 0 Å². The van der Waals surface area contributed by atoms with Gasteiger partial charge in [0.1, 0.15) is 23.0 Å². The topological polar surface area (TPSA) is 76.0 Å². The normalized spacial score (nSPS) is 9.10. The fourth-order valence-corrected chi connectivity index (χ4v) is 1.34. The predicted molar refractivity (Wildman–Crippen MR) is 74.7 cm³/mol. The Bertz CT molecular complexity index is 549. The average molecular weight is 276 g/mol. The van der Waals surface area contributed by atoms with Crippen LogP contribution in [0.1, 0.15) is 10.4 Å². The molecule has 20 heavy (non-hydrogen) atoms. The van der Waals surface area contributed by atoms with Crippen molar-refractivity contribution in [3.63, 3.8) is 0 Å². The van der Waals surface area contributed by atoms with Crippen LogP contribution in [0.2, 0.25) is 0 Å². The number of aromatic hydroxyl groups is 2. The van der Waals surface area contributed by atoms with Gasteiger partial charge in [-0.1, -0.05) is 0 Å². The van der Waals surface area contributed by atoms with E-state index in [1.54, 1.807) is 37.4 Å². The monoisotopic (exact) mass is 276 g/mol. The second-order valence-electron chi connectivity index (χ2n) is 3.74. The average Bonchev–Trinajstić information content (AvgIpc) is 2.49. The van der Waals surface area contributed by atoms with Crippen LogP contribution in [0, 0.1) is 0 Å². The SMILES string of the molecule is COc1ccc(O)c(C=O)c1.COc1ccc(O)cc1. The Morgan fingerprint density at radius 3 is 1.95 bits per heavy atom. The molecule has 0 atom stereocenters. The van der Waals surface area contributed by atoms with E-state index in [9.17, 15) is 4.79 Å². The molecular weight excluding hydrogens is 260 g/mol. The van der Waals surface area contributed by atoms with Crippen LogP contribution in [-0.2, 0) is 0 Å². The summed E-state index contributed by atoms with van der Waals surface area (Å²) in [5.41, 5.74) is 0.240. The molecule has 0 heterocycles. The largest absolute Gasteiger partial charge is 0.508 e. The zero-order valence-corrected chi connectivity index (χ0v) is 11.2. The molecular formula is C15H16O5. The second kappa shape index (κ2) is 7.68. The molecule has 0 aliphatic carbocycles. The zero-order chi connectivity index (χ0) is 15.0. The van der Waals surface area contributed by atoms with Gasteiger partial charge < -0.3 is 19.7 Å². The van der Waals surface area contributed by atoms with Crippen molar-refractivity contribution in [3.8, 4) is 23.0 Å². The lowest BCUT2D eigenvalue weighted by molar-refractivity contribution is 0.112. The standard InChI is InChI=1S/C8H8O3.C7H8O2/c1-11-7-2-3-8(10)6(4-7)5-9;1-9-7-4-2-6(8)3-5-7/h2-5,10H,1H3;2-5,8H,1H3. The van der Waals surface area contributed by atoms with Crippen LogP contribution in [0.25, 0.3) is 0 Å². The van der Waals surface area contributed by atoms with Crippen LogP contribution < -0.4 is 9.47 Å². The number of rotatable bonds is 3. The highest BCUT2D eigenvalue weighted by Gasteiger charge is 2.00. The maximum atomic E-state index is 10.3. The Kier molecular flexibility index (Phi) is 5.90. The fourth-order valence-electron chi connectivity index (χ4n) is 1.34. The lowest BCUT2D eigenvalue weighted by atomic mass is 10.2. The van der Waals surface area contributed by atoms with Gasteiger partial charge in [-0.25, -0.2) is 0 Å². The van der Waals surface area contributed by atoms with Crippen molar-refractivity contribution in [3.05, 3.63) is 48.0 Å². The minimum atomic E-state index is -0.0270. The fraction of sp³-hybridized carbons (Fsp3) is 0.133. The van der Waals surface area contributed by atoms with E-state index >= 15 is 0 Å². The molecule has 0 aliphatic rings. The van der Waals surface area contributed by atoms with Gasteiger partial charge in [0.15, 0.2) is 6.29 Å². The molecule has 0 radical (unpaired) electrons. The summed E-state index contributed by atoms with van der Waals surface area (Å²) in [4.78, 5) is 10.3. The first kappa shape index (κ1) is 15.4. The van der Waals surface area contributed by atoms with Gasteiger partial charge in [0.2, 0.25) is 0 Å². The van der Waals surface area contributed by atoms with E-state index in [0.717, 1.165) is 5.75 Å². The summed E-state index contributed by atoms with van der Waals surface area (Å²) in [6, 6.07) is 11.1. The van der Waals surface area contributed by atoms with Crippen LogP contribution in [0.4, 0.5) is 0 Å². The van der Waals surface area contributed by atoms with Crippen LogP contribution in [0.5, 0.6) is 23.0 Å². The number of hydrogen-bond acceptors (Lipinski definition) is 5. The van der Waals surface area contributed by atoms with E-state index in [1.807, 2.05) is 0 Å². The van der Waals surface area contributed by atoms with Crippen LogP contribution in [-0.4, -0.2) is 30.7 Å². The highest BCUT2D eigenvalue weighted by Crippen LogP contribution is 2.20. The van der Waals surface area contributed by atoms with E-state index in [-0.39, 0.29) is 17.1 Å². The quantitative estimate of drug-likeness (QED) is 0.843. The number of hydrogen-bond donors (Lipinski definition) is 2. The number of benzene rings is 2. The van der Waals surface area contributed by atoms with Crippen LogP contribution in [0.3, 0.4) is 0 Å². The molecule has 2 N–H and O–H groups in total. The van der Waals surface area contributed by atoms with Crippen LogP contribution >= 0.6 is 0 Å². The molecule has 0 fully saturated rings. The lowest BCUT2D eigenvalue weighted by Crippen LogP contribution is -1.85. The molecule has 0 spiro atoms. The van der Waals surface area contributed by atoms with Crippen molar-refractivity contribution in [2.24, 2.45) is 0 Å². The van der Waals surface area contributed by atoms with Gasteiger partial charge in [0, 0.05) is 0 Å². The molecule has 2 aromatic carbocycles. The molecule has 5 heteroatoms. The van der Waals surface area contributed by atoms with Gasteiger partial charge in [0.05, 0.1) is 19.8 Å². The van der Waals surface area contributed by atoms with E-state index in [4.69, 9.17) is 19.7 Å². The number of ether oxygens (including phenoxy) is 2. The molecule has 0 aliphatic heterocycles. The van der Waals surface area contributed by atoms with Gasteiger partial charge in [0.25, 0.3) is 0 Å². The molecule has 0 saturated carbocycles. The van der Waals surface area contributed by atoms with Crippen molar-refractivity contribution in [2.45, 2.75) is 0 Å². The Hall–Kier alpha value is -2.69. The zero-order valence-electron chi connectivity index (χ0n) is 11.2. The summed E-state index contributed by atoms with van der Waals surface area (Å²) in [5.74, 6) is 1.55. The summed E-state index contributed by atoms with van der Waals surface area (Å²) < 4.78 is 9.70. The first-order chi connectivity index (χ1) is 9.60. The maximum absolute atomic E-state index is 10.3. The molecule has 0 unspecified atom stereocenters. The van der Waals surface area contributed by atoms with Gasteiger partial charge in [-0.3, -0.25) is 4.79 Å². The third-order valence-electron chi connectivity index (χ3n) is 2.43. The third-order valence-corrected chi connectivity index (χ3v) is 2.43. The second-order valence-corrected chi connectivity index (χ2v) is 3.74. The summed E-state index contributed by atoms with van der Waals surface area (Å²) in [5, 5.41) is 17.8. The number of aldehydes is 1.